The third-order valence-electron chi connectivity index (χ3n) is 3.97. The first kappa shape index (κ1) is 13.7. The second kappa shape index (κ2) is 6.06. The van der Waals surface area contributed by atoms with Gasteiger partial charge in [-0.1, -0.05) is 48.5 Å². The van der Waals surface area contributed by atoms with Crippen LogP contribution in [0.4, 0.5) is 0 Å². The van der Waals surface area contributed by atoms with E-state index in [0.717, 1.165) is 40.8 Å². The third-order valence-corrected chi connectivity index (χ3v) is 3.97. The van der Waals surface area contributed by atoms with Gasteiger partial charge in [-0.2, -0.15) is 10.2 Å². The molecule has 5 nitrogen and oxygen atoms in total. The van der Waals surface area contributed by atoms with Crippen LogP contribution >= 0.6 is 0 Å². The first-order chi connectivity index (χ1) is 11.4. The summed E-state index contributed by atoms with van der Waals surface area (Å²) in [6.45, 7) is 1.53. The molecule has 2 aromatic heterocycles. The monoisotopic (exact) mass is 303 g/mol. The molecule has 0 aliphatic rings. The quantitative estimate of drug-likeness (QED) is 0.530. The first-order valence-corrected chi connectivity index (χ1v) is 7.61. The molecule has 0 spiro atoms. The normalized spacial score (nSPS) is 11.1. The third kappa shape index (κ3) is 2.74. The van der Waals surface area contributed by atoms with Crippen LogP contribution in [0.2, 0.25) is 0 Å². The predicted octanol–water partition coefficient (Wildman–Crippen LogP) is 3.24. The van der Waals surface area contributed by atoms with Crippen molar-refractivity contribution < 1.29 is 0 Å². The number of aromatic amines is 2. The van der Waals surface area contributed by atoms with E-state index in [1.54, 1.807) is 0 Å². The molecule has 4 aromatic rings. The number of benzene rings is 2. The van der Waals surface area contributed by atoms with Crippen LogP contribution < -0.4 is 5.32 Å². The molecule has 0 fully saturated rings. The standard InChI is InChI=1S/C18H17N5/c1-2-5-13(6-3-1)17-16(12-21-22-17)10-19-9-14-7-4-8-15-11-20-23-18(14)15/h1-8,11-12,19H,9-10H2,(H,20,23)(H,21,22). The van der Waals surface area contributed by atoms with E-state index in [4.69, 9.17) is 0 Å². The Morgan fingerprint density at radius 2 is 1.61 bits per heavy atom. The highest BCUT2D eigenvalue weighted by molar-refractivity contribution is 5.81. The van der Waals surface area contributed by atoms with Gasteiger partial charge in [-0.3, -0.25) is 10.2 Å². The van der Waals surface area contributed by atoms with Gasteiger partial charge in [0.2, 0.25) is 0 Å². The van der Waals surface area contributed by atoms with Crippen LogP contribution in [0.3, 0.4) is 0 Å². The molecule has 23 heavy (non-hydrogen) atoms. The number of aromatic nitrogens is 4. The highest BCUT2D eigenvalue weighted by Gasteiger charge is 2.08. The fourth-order valence-electron chi connectivity index (χ4n) is 2.81. The first-order valence-electron chi connectivity index (χ1n) is 7.61. The average Bonchev–Trinajstić information content (AvgIpc) is 3.25. The maximum atomic E-state index is 4.18. The highest BCUT2D eigenvalue weighted by Crippen LogP contribution is 2.21. The largest absolute Gasteiger partial charge is 0.308 e. The molecule has 2 aromatic carbocycles. The van der Waals surface area contributed by atoms with Gasteiger partial charge in [0.05, 0.1) is 23.6 Å². The second-order valence-corrected chi connectivity index (χ2v) is 5.49. The average molecular weight is 303 g/mol. The molecule has 0 amide bonds. The number of hydrogen-bond donors (Lipinski definition) is 3. The zero-order valence-corrected chi connectivity index (χ0v) is 12.6. The van der Waals surface area contributed by atoms with Crippen LogP contribution in [0.5, 0.6) is 0 Å². The van der Waals surface area contributed by atoms with Crippen molar-refractivity contribution in [3.8, 4) is 11.3 Å². The summed E-state index contributed by atoms with van der Waals surface area (Å²) in [5.74, 6) is 0. The summed E-state index contributed by atoms with van der Waals surface area (Å²) in [6, 6.07) is 16.5. The van der Waals surface area contributed by atoms with Gasteiger partial charge in [0.15, 0.2) is 0 Å². The number of hydrogen-bond acceptors (Lipinski definition) is 3. The summed E-state index contributed by atoms with van der Waals surface area (Å²) in [6.07, 6.45) is 3.73. The van der Waals surface area contributed by atoms with E-state index in [0.29, 0.717) is 0 Å². The molecule has 0 radical (unpaired) electrons. The van der Waals surface area contributed by atoms with Crippen LogP contribution in [-0.2, 0) is 13.1 Å². The zero-order valence-electron chi connectivity index (χ0n) is 12.6. The fourth-order valence-corrected chi connectivity index (χ4v) is 2.81. The predicted molar refractivity (Wildman–Crippen MR) is 90.7 cm³/mol. The Morgan fingerprint density at radius 3 is 2.52 bits per heavy atom. The van der Waals surface area contributed by atoms with Crippen LogP contribution in [-0.4, -0.2) is 20.4 Å². The number of para-hydroxylation sites is 1. The number of H-pyrrole nitrogens is 2. The minimum Gasteiger partial charge on any atom is -0.308 e. The van der Waals surface area contributed by atoms with Gasteiger partial charge < -0.3 is 5.32 Å². The summed E-state index contributed by atoms with van der Waals surface area (Å²) in [5.41, 5.74) is 5.68. The molecule has 0 aliphatic carbocycles. The summed E-state index contributed by atoms with van der Waals surface area (Å²) >= 11 is 0. The molecule has 0 unspecified atom stereocenters. The van der Waals surface area contributed by atoms with E-state index < -0.39 is 0 Å². The molecule has 2 heterocycles. The Balaban J connectivity index is 1.48. The second-order valence-electron chi connectivity index (χ2n) is 5.49. The summed E-state index contributed by atoms with van der Waals surface area (Å²) < 4.78 is 0. The molecule has 0 aliphatic heterocycles. The summed E-state index contributed by atoms with van der Waals surface area (Å²) in [5, 5.41) is 19.1. The minimum atomic E-state index is 0.755. The van der Waals surface area contributed by atoms with E-state index in [-0.39, 0.29) is 0 Å². The van der Waals surface area contributed by atoms with Crippen molar-refractivity contribution in [2.24, 2.45) is 0 Å². The number of nitrogens with zero attached hydrogens (tertiary/aromatic N) is 2. The van der Waals surface area contributed by atoms with Crippen LogP contribution in [0.25, 0.3) is 22.2 Å². The van der Waals surface area contributed by atoms with Gasteiger partial charge >= 0.3 is 0 Å². The van der Waals surface area contributed by atoms with Gasteiger partial charge in [0.1, 0.15) is 0 Å². The van der Waals surface area contributed by atoms with E-state index in [9.17, 15) is 0 Å². The van der Waals surface area contributed by atoms with Crippen molar-refractivity contribution in [2.45, 2.75) is 13.1 Å². The van der Waals surface area contributed by atoms with E-state index >= 15 is 0 Å². The molecule has 0 atom stereocenters. The molecular formula is C18H17N5. The molecule has 0 bridgehead atoms. The van der Waals surface area contributed by atoms with E-state index in [1.807, 2.05) is 30.6 Å². The van der Waals surface area contributed by atoms with Gasteiger partial charge in [-0.05, 0) is 11.1 Å². The zero-order chi connectivity index (χ0) is 15.5. The van der Waals surface area contributed by atoms with Crippen molar-refractivity contribution in [3.63, 3.8) is 0 Å². The van der Waals surface area contributed by atoms with Crippen LogP contribution in [0, 0.1) is 0 Å². The van der Waals surface area contributed by atoms with E-state index in [2.05, 4.69) is 56.0 Å². The Kier molecular flexibility index (Phi) is 3.62. The SMILES string of the molecule is c1ccc(-c2[nH]ncc2CNCc2cccc3cn[nH]c23)cc1. The van der Waals surface area contributed by atoms with Crippen molar-refractivity contribution in [1.29, 1.82) is 0 Å². The van der Waals surface area contributed by atoms with Crippen LogP contribution in [0.1, 0.15) is 11.1 Å². The topological polar surface area (TPSA) is 69.4 Å². The Labute approximate surface area is 133 Å². The van der Waals surface area contributed by atoms with Crippen molar-refractivity contribution in [1.82, 2.24) is 25.7 Å². The molecule has 4 rings (SSSR count). The van der Waals surface area contributed by atoms with Crippen molar-refractivity contribution in [2.75, 3.05) is 0 Å². The summed E-state index contributed by atoms with van der Waals surface area (Å²) in [4.78, 5) is 0. The van der Waals surface area contributed by atoms with Gasteiger partial charge in [-0.15, -0.1) is 0 Å². The van der Waals surface area contributed by atoms with Gasteiger partial charge in [-0.25, -0.2) is 0 Å². The highest BCUT2D eigenvalue weighted by atomic mass is 15.1. The smallest absolute Gasteiger partial charge is 0.0695 e. The van der Waals surface area contributed by atoms with Gasteiger partial charge in [0.25, 0.3) is 0 Å². The van der Waals surface area contributed by atoms with Crippen molar-refractivity contribution in [3.05, 3.63) is 72.1 Å². The molecule has 0 saturated heterocycles. The lowest BCUT2D eigenvalue weighted by Crippen LogP contribution is -2.13. The molecule has 114 valence electrons. The van der Waals surface area contributed by atoms with Crippen molar-refractivity contribution >= 4 is 10.9 Å². The summed E-state index contributed by atoms with van der Waals surface area (Å²) in [7, 11) is 0. The molecule has 3 N–H and O–H groups in total. The lowest BCUT2D eigenvalue weighted by Gasteiger charge is -2.07. The molecule has 5 heteroatoms. The molecule has 0 saturated carbocycles. The van der Waals surface area contributed by atoms with Crippen LogP contribution in [0.15, 0.2) is 60.9 Å². The Bertz CT molecular complexity index is 907. The Hall–Kier alpha value is -2.92. The minimum absolute atomic E-state index is 0.755. The van der Waals surface area contributed by atoms with E-state index in [1.165, 1.54) is 5.56 Å². The molecular weight excluding hydrogens is 286 g/mol. The number of fused-ring (bicyclic) bond motifs is 1. The number of rotatable bonds is 5. The maximum absolute atomic E-state index is 4.18. The Morgan fingerprint density at radius 1 is 0.783 bits per heavy atom. The lowest BCUT2D eigenvalue weighted by molar-refractivity contribution is 0.696. The van der Waals surface area contributed by atoms with Gasteiger partial charge in [0, 0.05) is 24.0 Å². The fraction of sp³-hybridized carbons (Fsp3) is 0.111. The number of nitrogens with one attached hydrogen (secondary N) is 3. The maximum Gasteiger partial charge on any atom is 0.0695 e. The lowest BCUT2D eigenvalue weighted by atomic mass is 10.1.